The third kappa shape index (κ3) is 3.98. The number of β-lactam (4-membered cyclic amide) rings is 1. The SMILES string of the molecule is CCCOc1cccc(CC)c1C1(NC(C)=O)S[C@@H]2C(N)C(=O)N2CC1(COC)C(=O)OC. The number of hydrogen-bond donors (Lipinski definition) is 2. The monoisotopic (exact) mass is 479 g/mol. The van der Waals surface area contributed by atoms with Gasteiger partial charge in [-0.1, -0.05) is 26.0 Å². The number of ether oxygens (including phenoxy) is 3. The number of amides is 2. The van der Waals surface area contributed by atoms with E-state index in [0.717, 1.165) is 12.0 Å². The van der Waals surface area contributed by atoms with Crippen LogP contribution in [0.4, 0.5) is 0 Å². The predicted molar refractivity (Wildman–Crippen MR) is 124 cm³/mol. The molecule has 3 rings (SSSR count). The van der Waals surface area contributed by atoms with Crippen LogP contribution in [0.1, 0.15) is 38.3 Å². The van der Waals surface area contributed by atoms with Crippen LogP contribution in [0, 0.1) is 5.41 Å². The number of nitrogens with two attached hydrogens (primary N) is 1. The minimum absolute atomic E-state index is 0.0107. The molecule has 2 heterocycles. The molecular weight excluding hydrogens is 446 g/mol. The molecule has 2 aliphatic heterocycles. The highest BCUT2D eigenvalue weighted by Crippen LogP contribution is 2.60. The Bertz CT molecular complexity index is 927. The smallest absolute Gasteiger partial charge is 0.319 e. The second kappa shape index (κ2) is 9.90. The minimum atomic E-state index is -1.45. The summed E-state index contributed by atoms with van der Waals surface area (Å²) in [4.78, 5) is 39.1. The fourth-order valence-electron chi connectivity index (χ4n) is 4.77. The lowest BCUT2D eigenvalue weighted by atomic mass is 9.72. The second-order valence-corrected chi connectivity index (χ2v) is 9.69. The number of carbonyl (C=O) groups excluding carboxylic acids is 3. The van der Waals surface area contributed by atoms with E-state index < -0.39 is 27.7 Å². The summed E-state index contributed by atoms with van der Waals surface area (Å²) in [5.41, 5.74) is 6.29. The van der Waals surface area contributed by atoms with E-state index in [-0.39, 0.29) is 25.0 Å². The quantitative estimate of drug-likeness (QED) is 0.403. The first-order chi connectivity index (χ1) is 15.7. The zero-order valence-corrected chi connectivity index (χ0v) is 20.6. The maximum Gasteiger partial charge on any atom is 0.319 e. The Balaban J connectivity index is 2.38. The van der Waals surface area contributed by atoms with E-state index >= 15 is 0 Å². The molecule has 0 spiro atoms. The number of thioether (sulfide) groups is 1. The van der Waals surface area contributed by atoms with Crippen LogP contribution in [0.5, 0.6) is 5.75 Å². The van der Waals surface area contributed by atoms with Gasteiger partial charge in [0.2, 0.25) is 11.8 Å². The Kier molecular flexibility index (Phi) is 7.60. The molecule has 0 bridgehead atoms. The standard InChI is InChI=1S/C23H33N3O6S/c1-6-11-32-16-10-8-9-15(7-2)17(16)23(25-14(3)27)22(13-30-4,21(29)31-5)12-26-19(28)18(24)20(26)33-23/h8-10,18,20H,6-7,11-13,24H2,1-5H3,(H,25,27)/t18?,20-,22?,23?/m1/s1. The lowest BCUT2D eigenvalue weighted by Crippen LogP contribution is -2.78. The fraction of sp³-hybridized carbons (Fsp3) is 0.609. The summed E-state index contributed by atoms with van der Waals surface area (Å²) in [5.74, 6) is -0.620. The third-order valence-electron chi connectivity index (χ3n) is 6.22. The number of hydrogen-bond acceptors (Lipinski definition) is 8. The maximum absolute atomic E-state index is 13.6. The highest BCUT2D eigenvalue weighted by Gasteiger charge is 2.70. The predicted octanol–water partition coefficient (Wildman–Crippen LogP) is 1.37. The van der Waals surface area contributed by atoms with Crippen LogP contribution in [0.2, 0.25) is 0 Å². The Labute approximate surface area is 198 Å². The number of nitrogens with zero attached hydrogens (tertiary/aromatic N) is 1. The minimum Gasteiger partial charge on any atom is -0.493 e. The normalized spacial score (nSPS) is 28.5. The van der Waals surface area contributed by atoms with Crippen molar-refractivity contribution in [2.75, 3.05) is 34.0 Å². The average Bonchev–Trinajstić information content (AvgIpc) is 2.81. The summed E-state index contributed by atoms with van der Waals surface area (Å²) in [6.07, 6.45) is 1.41. The molecule has 2 amide bonds. The molecule has 4 atom stereocenters. The maximum atomic E-state index is 13.6. The Hall–Kier alpha value is -2.30. The number of rotatable bonds is 9. The molecule has 2 aliphatic rings. The Morgan fingerprint density at radius 3 is 2.61 bits per heavy atom. The summed E-state index contributed by atoms with van der Waals surface area (Å²) in [5, 5.41) is 2.66. The molecule has 33 heavy (non-hydrogen) atoms. The first-order valence-electron chi connectivity index (χ1n) is 11.1. The number of nitrogens with one attached hydrogen (secondary N) is 1. The summed E-state index contributed by atoms with van der Waals surface area (Å²) in [6.45, 7) is 5.76. The van der Waals surface area contributed by atoms with Crippen molar-refractivity contribution >= 4 is 29.5 Å². The largest absolute Gasteiger partial charge is 0.493 e. The summed E-state index contributed by atoms with van der Waals surface area (Å²) < 4.78 is 17.0. The molecule has 3 unspecified atom stereocenters. The number of aryl methyl sites for hydroxylation is 1. The first kappa shape index (κ1) is 25.3. The van der Waals surface area contributed by atoms with E-state index in [4.69, 9.17) is 19.9 Å². The molecule has 182 valence electrons. The molecule has 0 radical (unpaired) electrons. The molecule has 0 saturated carbocycles. The first-order valence-corrected chi connectivity index (χ1v) is 12.0. The van der Waals surface area contributed by atoms with Crippen LogP contribution in [0.25, 0.3) is 0 Å². The summed E-state index contributed by atoms with van der Waals surface area (Å²) in [7, 11) is 2.77. The highest BCUT2D eigenvalue weighted by molar-refractivity contribution is 8.01. The second-order valence-electron chi connectivity index (χ2n) is 8.36. The van der Waals surface area contributed by atoms with Crippen molar-refractivity contribution in [1.82, 2.24) is 10.2 Å². The molecule has 2 fully saturated rings. The van der Waals surface area contributed by atoms with E-state index in [1.54, 1.807) is 4.90 Å². The fourth-order valence-corrected chi connectivity index (χ4v) is 6.68. The van der Waals surface area contributed by atoms with Crippen molar-refractivity contribution in [3.63, 3.8) is 0 Å². The van der Waals surface area contributed by atoms with Gasteiger partial charge in [-0.25, -0.2) is 0 Å². The van der Waals surface area contributed by atoms with E-state index in [1.807, 2.05) is 32.0 Å². The molecule has 0 aliphatic carbocycles. The van der Waals surface area contributed by atoms with Crippen LogP contribution < -0.4 is 15.8 Å². The molecular formula is C23H33N3O6S. The van der Waals surface area contributed by atoms with Gasteiger partial charge in [-0.05, 0) is 24.5 Å². The molecule has 9 nitrogen and oxygen atoms in total. The molecule has 0 aromatic heterocycles. The zero-order chi connectivity index (χ0) is 24.4. The van der Waals surface area contributed by atoms with Crippen molar-refractivity contribution in [2.24, 2.45) is 11.1 Å². The van der Waals surface area contributed by atoms with Gasteiger partial charge in [-0.15, -0.1) is 11.8 Å². The van der Waals surface area contributed by atoms with Gasteiger partial charge in [0.1, 0.15) is 27.5 Å². The van der Waals surface area contributed by atoms with Gasteiger partial charge < -0.3 is 30.2 Å². The Morgan fingerprint density at radius 1 is 1.30 bits per heavy atom. The van der Waals surface area contributed by atoms with E-state index in [1.165, 1.54) is 32.9 Å². The van der Waals surface area contributed by atoms with Crippen molar-refractivity contribution in [3.8, 4) is 5.75 Å². The zero-order valence-electron chi connectivity index (χ0n) is 19.8. The van der Waals surface area contributed by atoms with Crippen LogP contribution in [0.15, 0.2) is 18.2 Å². The van der Waals surface area contributed by atoms with E-state index in [0.29, 0.717) is 24.3 Å². The van der Waals surface area contributed by atoms with Gasteiger partial charge in [0.15, 0.2) is 0 Å². The molecule has 2 saturated heterocycles. The van der Waals surface area contributed by atoms with Crippen molar-refractivity contribution in [1.29, 1.82) is 0 Å². The number of esters is 1. The van der Waals surface area contributed by atoms with Gasteiger partial charge in [0, 0.05) is 26.1 Å². The van der Waals surface area contributed by atoms with E-state index in [9.17, 15) is 14.4 Å². The summed E-state index contributed by atoms with van der Waals surface area (Å²) in [6, 6.07) is 4.94. The topological polar surface area (TPSA) is 120 Å². The number of carbonyl (C=O) groups is 3. The summed E-state index contributed by atoms with van der Waals surface area (Å²) >= 11 is 1.28. The third-order valence-corrected chi connectivity index (χ3v) is 8.06. The number of fused-ring (bicyclic) bond motifs is 1. The van der Waals surface area contributed by atoms with Crippen LogP contribution in [0.3, 0.4) is 0 Å². The van der Waals surface area contributed by atoms with Gasteiger partial charge in [-0.3, -0.25) is 14.4 Å². The van der Waals surface area contributed by atoms with Gasteiger partial charge in [0.05, 0.1) is 20.3 Å². The number of benzene rings is 1. The molecule has 3 N–H and O–H groups in total. The van der Waals surface area contributed by atoms with Crippen LogP contribution >= 0.6 is 11.8 Å². The molecule has 10 heteroatoms. The number of methoxy groups -OCH3 is 2. The molecule has 1 aromatic carbocycles. The highest BCUT2D eigenvalue weighted by atomic mass is 32.2. The van der Waals surface area contributed by atoms with Crippen LogP contribution in [-0.2, 0) is 35.1 Å². The van der Waals surface area contributed by atoms with Gasteiger partial charge in [0.25, 0.3) is 0 Å². The lowest BCUT2D eigenvalue weighted by Gasteiger charge is -2.61. The van der Waals surface area contributed by atoms with Crippen molar-refractivity contribution in [3.05, 3.63) is 29.3 Å². The Morgan fingerprint density at radius 2 is 2.03 bits per heavy atom. The van der Waals surface area contributed by atoms with Gasteiger partial charge in [-0.2, -0.15) is 0 Å². The van der Waals surface area contributed by atoms with Crippen LogP contribution in [-0.4, -0.2) is 68.1 Å². The lowest BCUT2D eigenvalue weighted by molar-refractivity contribution is -0.170. The van der Waals surface area contributed by atoms with Crippen molar-refractivity contribution in [2.45, 2.75) is 49.9 Å². The molecule has 1 aromatic rings. The van der Waals surface area contributed by atoms with Gasteiger partial charge >= 0.3 is 5.97 Å². The van der Waals surface area contributed by atoms with E-state index in [2.05, 4.69) is 5.32 Å². The van der Waals surface area contributed by atoms with Crippen molar-refractivity contribution < 1.29 is 28.6 Å². The average molecular weight is 480 g/mol.